The van der Waals surface area contributed by atoms with Crippen LogP contribution < -0.4 is 15.4 Å². The first-order chi connectivity index (χ1) is 12.1. The zero-order chi connectivity index (χ0) is 18.1. The Morgan fingerprint density at radius 3 is 2.76 bits per heavy atom. The van der Waals surface area contributed by atoms with Gasteiger partial charge >= 0.3 is 5.97 Å². The van der Waals surface area contributed by atoms with Gasteiger partial charge in [0.1, 0.15) is 5.75 Å². The van der Waals surface area contributed by atoms with Gasteiger partial charge in [0.2, 0.25) is 0 Å². The average Bonchev–Trinajstić information content (AvgIpc) is 3.46. The molecule has 138 valence electrons. The van der Waals surface area contributed by atoms with Crippen LogP contribution >= 0.6 is 0 Å². The number of methoxy groups -OCH3 is 1. The third-order valence-corrected chi connectivity index (χ3v) is 4.08. The van der Waals surface area contributed by atoms with E-state index < -0.39 is 0 Å². The molecule has 1 saturated carbocycles. The molecule has 0 spiro atoms. The summed E-state index contributed by atoms with van der Waals surface area (Å²) >= 11 is 0. The number of hydrogen-bond donors (Lipinski definition) is 2. The van der Waals surface area contributed by atoms with E-state index in [9.17, 15) is 4.79 Å². The standard InChI is InChI=1S/C19H29N3O3/c1-4-20-19(21-11-14(2)18(23)24-3)22-12-16-7-5-6-8-17(16)25-13-15-9-10-15/h5-8,14-15H,4,9-13H2,1-3H3,(H2,20,21,22). The van der Waals surface area contributed by atoms with Crippen molar-refractivity contribution >= 4 is 11.9 Å². The molecular formula is C19H29N3O3. The summed E-state index contributed by atoms with van der Waals surface area (Å²) < 4.78 is 10.7. The minimum absolute atomic E-state index is 0.233. The summed E-state index contributed by atoms with van der Waals surface area (Å²) in [6.45, 7) is 6.35. The number of nitrogens with one attached hydrogen (secondary N) is 2. The molecule has 1 unspecified atom stereocenters. The first kappa shape index (κ1) is 19.1. The van der Waals surface area contributed by atoms with Crippen molar-refractivity contribution in [1.29, 1.82) is 0 Å². The quantitative estimate of drug-likeness (QED) is 0.408. The molecule has 1 aliphatic rings. The fourth-order valence-corrected chi connectivity index (χ4v) is 2.31. The summed E-state index contributed by atoms with van der Waals surface area (Å²) in [4.78, 5) is 16.1. The van der Waals surface area contributed by atoms with Gasteiger partial charge in [0, 0.05) is 18.7 Å². The summed E-state index contributed by atoms with van der Waals surface area (Å²) in [5, 5.41) is 6.37. The average molecular weight is 347 g/mol. The molecule has 0 aromatic heterocycles. The smallest absolute Gasteiger partial charge is 0.310 e. The van der Waals surface area contributed by atoms with Crippen molar-refractivity contribution in [3.8, 4) is 5.75 Å². The lowest BCUT2D eigenvalue weighted by molar-refractivity contribution is -0.144. The van der Waals surface area contributed by atoms with Crippen LogP contribution in [0.25, 0.3) is 0 Å². The van der Waals surface area contributed by atoms with Crippen molar-refractivity contribution in [2.24, 2.45) is 16.8 Å². The van der Waals surface area contributed by atoms with Gasteiger partial charge in [0.15, 0.2) is 5.96 Å². The van der Waals surface area contributed by atoms with E-state index >= 15 is 0 Å². The fourth-order valence-electron chi connectivity index (χ4n) is 2.31. The van der Waals surface area contributed by atoms with Crippen LogP contribution in [-0.2, 0) is 16.1 Å². The Morgan fingerprint density at radius 2 is 2.08 bits per heavy atom. The summed E-state index contributed by atoms with van der Waals surface area (Å²) in [7, 11) is 1.40. The van der Waals surface area contributed by atoms with Crippen LogP contribution in [0.5, 0.6) is 5.75 Å². The molecule has 0 amide bonds. The maximum Gasteiger partial charge on any atom is 0.310 e. The van der Waals surface area contributed by atoms with Gasteiger partial charge in [0.05, 0.1) is 26.2 Å². The number of carbonyl (C=O) groups excluding carboxylic acids is 1. The summed E-state index contributed by atoms with van der Waals surface area (Å²) in [6.07, 6.45) is 2.54. The molecule has 6 nitrogen and oxygen atoms in total. The van der Waals surface area contributed by atoms with Crippen molar-refractivity contribution in [2.45, 2.75) is 33.2 Å². The molecule has 0 heterocycles. The molecule has 1 aromatic rings. The van der Waals surface area contributed by atoms with Crippen molar-refractivity contribution in [3.63, 3.8) is 0 Å². The third kappa shape index (κ3) is 6.64. The normalized spacial score (nSPS) is 15.4. The van der Waals surface area contributed by atoms with Gasteiger partial charge in [-0.25, -0.2) is 4.99 Å². The summed E-state index contributed by atoms with van der Waals surface area (Å²) in [5.41, 5.74) is 1.06. The van der Waals surface area contributed by atoms with Gasteiger partial charge in [0.25, 0.3) is 0 Å². The van der Waals surface area contributed by atoms with Gasteiger partial charge in [-0.3, -0.25) is 4.79 Å². The predicted molar refractivity (Wildman–Crippen MR) is 98.7 cm³/mol. The van der Waals surface area contributed by atoms with Crippen molar-refractivity contribution < 1.29 is 14.3 Å². The van der Waals surface area contributed by atoms with Crippen LogP contribution in [-0.4, -0.2) is 38.7 Å². The highest BCUT2D eigenvalue weighted by Crippen LogP contribution is 2.30. The molecule has 1 fully saturated rings. The number of benzene rings is 1. The van der Waals surface area contributed by atoms with Crippen LogP contribution in [0.3, 0.4) is 0 Å². The minimum atomic E-state index is -0.234. The highest BCUT2D eigenvalue weighted by Gasteiger charge is 2.22. The number of ether oxygens (including phenoxy) is 2. The number of aliphatic imine (C=N–C) groups is 1. The number of carbonyl (C=O) groups is 1. The highest BCUT2D eigenvalue weighted by molar-refractivity contribution is 5.80. The number of para-hydroxylation sites is 1. The Morgan fingerprint density at radius 1 is 1.32 bits per heavy atom. The van der Waals surface area contributed by atoms with E-state index in [-0.39, 0.29) is 11.9 Å². The predicted octanol–water partition coefficient (Wildman–Crippen LogP) is 2.34. The molecule has 1 aromatic carbocycles. The molecule has 0 radical (unpaired) electrons. The minimum Gasteiger partial charge on any atom is -0.493 e. The molecule has 1 aliphatic carbocycles. The number of guanidine groups is 1. The van der Waals surface area contributed by atoms with Gasteiger partial charge in [-0.15, -0.1) is 0 Å². The van der Waals surface area contributed by atoms with Crippen LogP contribution in [0.15, 0.2) is 29.3 Å². The van der Waals surface area contributed by atoms with E-state index in [4.69, 9.17) is 9.47 Å². The lowest BCUT2D eigenvalue weighted by atomic mass is 10.2. The first-order valence-electron chi connectivity index (χ1n) is 8.94. The second kappa shape index (κ2) is 9.91. The van der Waals surface area contributed by atoms with E-state index in [1.165, 1.54) is 20.0 Å². The van der Waals surface area contributed by atoms with Crippen molar-refractivity contribution in [3.05, 3.63) is 29.8 Å². The maximum absolute atomic E-state index is 11.5. The highest BCUT2D eigenvalue weighted by atomic mass is 16.5. The zero-order valence-corrected chi connectivity index (χ0v) is 15.4. The lowest BCUT2D eigenvalue weighted by Gasteiger charge is -2.15. The van der Waals surface area contributed by atoms with E-state index in [2.05, 4.69) is 15.6 Å². The Hall–Kier alpha value is -2.24. The van der Waals surface area contributed by atoms with Crippen molar-refractivity contribution in [1.82, 2.24) is 10.6 Å². The molecule has 1 atom stereocenters. The molecule has 2 rings (SSSR count). The lowest BCUT2D eigenvalue weighted by Crippen LogP contribution is -2.40. The summed E-state index contributed by atoms with van der Waals surface area (Å²) in [6, 6.07) is 8.00. The van der Waals surface area contributed by atoms with Gasteiger partial charge in [-0.05, 0) is 31.7 Å². The number of hydrogen-bond acceptors (Lipinski definition) is 4. The Balaban J connectivity index is 1.94. The number of esters is 1. The fraction of sp³-hybridized carbons (Fsp3) is 0.579. The third-order valence-electron chi connectivity index (χ3n) is 4.08. The Labute approximate surface area is 150 Å². The number of nitrogens with zero attached hydrogens (tertiary/aromatic N) is 1. The van der Waals surface area contributed by atoms with Gasteiger partial charge in [-0.1, -0.05) is 25.1 Å². The van der Waals surface area contributed by atoms with Gasteiger partial charge < -0.3 is 20.1 Å². The molecule has 25 heavy (non-hydrogen) atoms. The molecule has 0 saturated heterocycles. The summed E-state index contributed by atoms with van der Waals surface area (Å²) in [5.74, 6) is 1.83. The van der Waals surface area contributed by atoms with Gasteiger partial charge in [-0.2, -0.15) is 0 Å². The molecule has 0 bridgehead atoms. The Bertz CT molecular complexity index is 585. The van der Waals surface area contributed by atoms with E-state index in [0.29, 0.717) is 19.0 Å². The number of rotatable bonds is 9. The molecule has 2 N–H and O–H groups in total. The van der Waals surface area contributed by atoms with E-state index in [1.807, 2.05) is 38.1 Å². The maximum atomic E-state index is 11.5. The first-order valence-corrected chi connectivity index (χ1v) is 8.94. The van der Waals surface area contributed by atoms with Crippen LogP contribution in [0.1, 0.15) is 32.3 Å². The van der Waals surface area contributed by atoms with Crippen LogP contribution in [0, 0.1) is 11.8 Å². The molecule has 0 aliphatic heterocycles. The molecule has 6 heteroatoms. The SMILES string of the molecule is CCNC(=NCc1ccccc1OCC1CC1)NCC(C)C(=O)OC. The van der Waals surface area contributed by atoms with E-state index in [0.717, 1.165) is 30.4 Å². The zero-order valence-electron chi connectivity index (χ0n) is 15.4. The topological polar surface area (TPSA) is 72.0 Å². The Kier molecular flexibility index (Phi) is 7.57. The van der Waals surface area contributed by atoms with Crippen molar-refractivity contribution in [2.75, 3.05) is 26.8 Å². The van der Waals surface area contributed by atoms with Crippen LogP contribution in [0.4, 0.5) is 0 Å². The van der Waals surface area contributed by atoms with E-state index in [1.54, 1.807) is 0 Å². The monoisotopic (exact) mass is 347 g/mol. The second-order valence-electron chi connectivity index (χ2n) is 6.36. The van der Waals surface area contributed by atoms with Crippen LogP contribution in [0.2, 0.25) is 0 Å². The molecular weight excluding hydrogens is 318 g/mol. The second-order valence-corrected chi connectivity index (χ2v) is 6.36. The largest absolute Gasteiger partial charge is 0.493 e.